The van der Waals surface area contributed by atoms with Gasteiger partial charge in [-0.2, -0.15) is 0 Å². The maximum atomic E-state index is 13.2. The molecular weight excluding hydrogens is 334 g/mol. The number of aromatic nitrogens is 1. The van der Waals surface area contributed by atoms with Crippen LogP contribution in [0.1, 0.15) is 35.6 Å². The molecule has 3 rings (SSSR count). The van der Waals surface area contributed by atoms with E-state index >= 15 is 0 Å². The lowest BCUT2D eigenvalue weighted by molar-refractivity contribution is 0.0355. The molecule has 4 heteroatoms. The largest absolute Gasteiger partial charge is 0.333 e. The van der Waals surface area contributed by atoms with Crippen LogP contribution in [0.3, 0.4) is 0 Å². The summed E-state index contributed by atoms with van der Waals surface area (Å²) < 4.78 is 0. The van der Waals surface area contributed by atoms with E-state index in [-0.39, 0.29) is 11.9 Å². The molecule has 27 heavy (non-hydrogen) atoms. The Bertz CT molecular complexity index is 825. The lowest BCUT2D eigenvalue weighted by Gasteiger charge is -2.43. The smallest absolute Gasteiger partial charge is 0.254 e. The Kier molecular flexibility index (Phi) is 5.76. The van der Waals surface area contributed by atoms with E-state index in [4.69, 9.17) is 0 Å². The van der Waals surface area contributed by atoms with Gasteiger partial charge in [0.15, 0.2) is 0 Å². The van der Waals surface area contributed by atoms with E-state index in [9.17, 15) is 4.79 Å². The number of amides is 1. The number of piperazine rings is 1. The summed E-state index contributed by atoms with van der Waals surface area (Å²) in [6.07, 6.45) is 1.93. The number of hydrogen-bond acceptors (Lipinski definition) is 3. The molecule has 4 nitrogen and oxygen atoms in total. The van der Waals surface area contributed by atoms with Crippen molar-refractivity contribution in [2.75, 3.05) is 19.6 Å². The van der Waals surface area contributed by atoms with Gasteiger partial charge in [0.1, 0.15) is 0 Å². The van der Waals surface area contributed by atoms with Crippen molar-refractivity contribution >= 4 is 5.91 Å². The Labute approximate surface area is 162 Å². The maximum absolute atomic E-state index is 13.2. The number of hydrogen-bond donors (Lipinski definition) is 0. The summed E-state index contributed by atoms with van der Waals surface area (Å²) in [5.41, 5.74) is 4.88. The monoisotopic (exact) mass is 363 g/mol. The van der Waals surface area contributed by atoms with Crippen molar-refractivity contribution in [2.45, 2.75) is 39.8 Å². The second kappa shape index (κ2) is 8.05. The molecular formula is C23H29N3O. The van der Waals surface area contributed by atoms with Crippen LogP contribution in [-0.4, -0.2) is 52.4 Å². The molecule has 1 fully saturated rings. The van der Waals surface area contributed by atoms with Gasteiger partial charge >= 0.3 is 0 Å². The van der Waals surface area contributed by atoms with Gasteiger partial charge in [-0.05, 0) is 63.1 Å². The van der Waals surface area contributed by atoms with E-state index in [1.165, 1.54) is 0 Å². The van der Waals surface area contributed by atoms with Crippen molar-refractivity contribution < 1.29 is 4.79 Å². The zero-order valence-corrected chi connectivity index (χ0v) is 16.8. The lowest BCUT2D eigenvalue weighted by atomic mass is 10.0. The highest BCUT2D eigenvalue weighted by atomic mass is 16.2. The standard InChI is InChI=1S/C23H29N3O/c1-6-10-25-14-19(5)26(15-18(25)4)23(27)21-9-7-8-20(13-21)22-11-16(2)24-17(3)12-22/h6-9,11-13,18-19H,1,10,14-15H2,2-5H3/t18-,19-/m0/s1. The van der Waals surface area contributed by atoms with Crippen LogP contribution in [0.25, 0.3) is 11.1 Å². The molecule has 1 aromatic carbocycles. The van der Waals surface area contributed by atoms with Crippen LogP contribution in [0, 0.1) is 13.8 Å². The first-order valence-electron chi connectivity index (χ1n) is 9.60. The highest BCUT2D eigenvalue weighted by Crippen LogP contribution is 2.24. The molecule has 2 heterocycles. The Morgan fingerprint density at radius 2 is 1.81 bits per heavy atom. The van der Waals surface area contributed by atoms with Crippen LogP contribution < -0.4 is 0 Å². The molecule has 1 saturated heterocycles. The Morgan fingerprint density at radius 3 is 2.48 bits per heavy atom. The molecule has 2 atom stereocenters. The van der Waals surface area contributed by atoms with Crippen LogP contribution in [-0.2, 0) is 0 Å². The van der Waals surface area contributed by atoms with Gasteiger partial charge in [-0.3, -0.25) is 14.7 Å². The predicted octanol–water partition coefficient (Wildman–Crippen LogP) is 4.09. The van der Waals surface area contributed by atoms with Crippen molar-refractivity contribution in [1.29, 1.82) is 0 Å². The fourth-order valence-electron chi connectivity index (χ4n) is 3.90. The molecule has 0 aliphatic carbocycles. The van der Waals surface area contributed by atoms with Gasteiger partial charge in [0.25, 0.3) is 5.91 Å². The molecule has 1 aromatic heterocycles. The third kappa shape index (κ3) is 4.28. The summed E-state index contributed by atoms with van der Waals surface area (Å²) in [6, 6.07) is 12.6. The zero-order valence-electron chi connectivity index (χ0n) is 16.8. The Morgan fingerprint density at radius 1 is 1.11 bits per heavy atom. The molecule has 1 aliphatic heterocycles. The molecule has 0 saturated carbocycles. The van der Waals surface area contributed by atoms with Crippen LogP contribution >= 0.6 is 0 Å². The second-order valence-corrected chi connectivity index (χ2v) is 7.62. The van der Waals surface area contributed by atoms with E-state index < -0.39 is 0 Å². The molecule has 0 spiro atoms. The minimum atomic E-state index is 0.108. The van der Waals surface area contributed by atoms with Crippen molar-refractivity contribution in [2.24, 2.45) is 0 Å². The fourth-order valence-corrected chi connectivity index (χ4v) is 3.90. The Hall–Kier alpha value is -2.46. The minimum Gasteiger partial charge on any atom is -0.333 e. The average molecular weight is 364 g/mol. The molecule has 142 valence electrons. The number of nitrogens with zero attached hydrogens (tertiary/aromatic N) is 3. The first-order valence-corrected chi connectivity index (χ1v) is 9.60. The van der Waals surface area contributed by atoms with Crippen molar-refractivity contribution in [1.82, 2.24) is 14.8 Å². The number of carbonyl (C=O) groups is 1. The zero-order chi connectivity index (χ0) is 19.6. The van der Waals surface area contributed by atoms with Gasteiger partial charge in [-0.1, -0.05) is 18.2 Å². The summed E-state index contributed by atoms with van der Waals surface area (Å²) in [7, 11) is 0. The van der Waals surface area contributed by atoms with Crippen molar-refractivity contribution in [3.8, 4) is 11.1 Å². The number of aryl methyl sites for hydroxylation is 2. The van der Waals surface area contributed by atoms with E-state index in [1.807, 2.05) is 43.0 Å². The summed E-state index contributed by atoms with van der Waals surface area (Å²) in [4.78, 5) is 22.0. The molecule has 1 amide bonds. The quantitative estimate of drug-likeness (QED) is 0.768. The third-order valence-corrected chi connectivity index (χ3v) is 5.26. The molecule has 0 unspecified atom stereocenters. The average Bonchev–Trinajstić information content (AvgIpc) is 2.63. The summed E-state index contributed by atoms with van der Waals surface area (Å²) in [5, 5.41) is 0. The van der Waals surface area contributed by atoms with Gasteiger partial charge in [0, 0.05) is 48.7 Å². The molecule has 0 N–H and O–H groups in total. The SMILES string of the molecule is C=CCN1C[C@H](C)N(C(=O)c2cccc(-c3cc(C)nc(C)c3)c2)C[C@@H]1C. The van der Waals surface area contributed by atoms with Gasteiger partial charge in [0.05, 0.1) is 0 Å². The lowest BCUT2D eigenvalue weighted by Crippen LogP contribution is -2.57. The minimum absolute atomic E-state index is 0.108. The molecule has 1 aliphatic rings. The molecule has 0 bridgehead atoms. The number of carbonyl (C=O) groups excluding carboxylic acids is 1. The van der Waals surface area contributed by atoms with E-state index in [2.05, 4.69) is 48.5 Å². The number of rotatable bonds is 4. The molecule has 2 aromatic rings. The van der Waals surface area contributed by atoms with E-state index in [0.717, 1.165) is 47.7 Å². The van der Waals surface area contributed by atoms with Crippen LogP contribution in [0.4, 0.5) is 0 Å². The van der Waals surface area contributed by atoms with E-state index in [1.54, 1.807) is 0 Å². The fraction of sp³-hybridized carbons (Fsp3) is 0.391. The van der Waals surface area contributed by atoms with Gasteiger partial charge in [-0.25, -0.2) is 0 Å². The second-order valence-electron chi connectivity index (χ2n) is 7.62. The summed E-state index contributed by atoms with van der Waals surface area (Å²) in [6.45, 7) is 14.6. The van der Waals surface area contributed by atoms with Gasteiger partial charge in [0.2, 0.25) is 0 Å². The summed E-state index contributed by atoms with van der Waals surface area (Å²) >= 11 is 0. The first kappa shape index (κ1) is 19.3. The maximum Gasteiger partial charge on any atom is 0.254 e. The molecule has 0 radical (unpaired) electrons. The predicted molar refractivity (Wildman–Crippen MR) is 111 cm³/mol. The highest BCUT2D eigenvalue weighted by molar-refractivity contribution is 5.95. The normalized spacial score (nSPS) is 20.5. The van der Waals surface area contributed by atoms with E-state index in [0.29, 0.717) is 6.04 Å². The van der Waals surface area contributed by atoms with Gasteiger partial charge < -0.3 is 4.90 Å². The van der Waals surface area contributed by atoms with Crippen molar-refractivity contribution in [3.63, 3.8) is 0 Å². The first-order chi connectivity index (χ1) is 12.9. The van der Waals surface area contributed by atoms with Crippen LogP contribution in [0.15, 0.2) is 49.1 Å². The number of benzene rings is 1. The van der Waals surface area contributed by atoms with Gasteiger partial charge in [-0.15, -0.1) is 6.58 Å². The topological polar surface area (TPSA) is 36.4 Å². The van der Waals surface area contributed by atoms with Crippen molar-refractivity contribution in [3.05, 3.63) is 66.0 Å². The Balaban J connectivity index is 1.84. The third-order valence-electron chi connectivity index (χ3n) is 5.26. The number of pyridine rings is 1. The summed E-state index contributed by atoms with van der Waals surface area (Å²) in [5.74, 6) is 0.108. The van der Waals surface area contributed by atoms with Crippen LogP contribution in [0.2, 0.25) is 0 Å². The highest BCUT2D eigenvalue weighted by Gasteiger charge is 2.31. The van der Waals surface area contributed by atoms with Crippen LogP contribution in [0.5, 0.6) is 0 Å².